The fourth-order valence-corrected chi connectivity index (χ4v) is 3.29. The molecule has 0 saturated heterocycles. The fraction of sp³-hybridized carbons (Fsp3) is 0.211. The van der Waals surface area contributed by atoms with Crippen molar-refractivity contribution in [1.82, 2.24) is 10.2 Å². The molecule has 28 heavy (non-hydrogen) atoms. The van der Waals surface area contributed by atoms with Crippen LogP contribution in [0, 0.1) is 0 Å². The van der Waals surface area contributed by atoms with E-state index in [1.54, 1.807) is 42.5 Å². The molecule has 9 heteroatoms. The number of aromatic nitrogens is 2. The van der Waals surface area contributed by atoms with Crippen molar-refractivity contribution < 1.29 is 18.7 Å². The van der Waals surface area contributed by atoms with Crippen LogP contribution in [0.4, 0.5) is 5.69 Å². The average molecular weight is 418 g/mol. The van der Waals surface area contributed by atoms with Gasteiger partial charge in [0.25, 0.3) is 5.22 Å². The molecule has 2 heterocycles. The molecule has 1 aliphatic rings. The van der Waals surface area contributed by atoms with Crippen LogP contribution in [0.25, 0.3) is 11.5 Å². The van der Waals surface area contributed by atoms with Gasteiger partial charge in [0, 0.05) is 36.2 Å². The first-order valence-electron chi connectivity index (χ1n) is 8.42. The second-order valence-electron chi connectivity index (χ2n) is 6.48. The van der Waals surface area contributed by atoms with Crippen molar-refractivity contribution in [2.45, 2.75) is 24.9 Å². The van der Waals surface area contributed by atoms with Crippen LogP contribution in [0.5, 0.6) is 11.5 Å². The molecule has 0 aliphatic carbocycles. The summed E-state index contributed by atoms with van der Waals surface area (Å²) in [4.78, 5) is 12.2. The van der Waals surface area contributed by atoms with Crippen LogP contribution in [0.2, 0.25) is 5.02 Å². The zero-order chi connectivity index (χ0) is 19.7. The standard InChI is InChI=1S/C19H16ClN3O4S/c1-19(2)26-14-8-7-13(9-15(14)27-19)21-16(24)10-28-18-23-22-17(25-18)11-3-5-12(20)6-4-11/h3-9H,10H2,1-2H3,(H,21,24). The van der Waals surface area contributed by atoms with E-state index in [9.17, 15) is 4.79 Å². The number of amides is 1. The third-order valence-corrected chi connectivity index (χ3v) is 4.83. The Kier molecular flexibility index (Phi) is 4.91. The Morgan fingerprint density at radius 2 is 1.86 bits per heavy atom. The van der Waals surface area contributed by atoms with Crippen molar-refractivity contribution in [1.29, 1.82) is 0 Å². The number of nitrogens with one attached hydrogen (secondary N) is 1. The third-order valence-electron chi connectivity index (χ3n) is 3.76. The van der Waals surface area contributed by atoms with Gasteiger partial charge in [-0.1, -0.05) is 23.4 Å². The van der Waals surface area contributed by atoms with Crippen LogP contribution in [0.1, 0.15) is 13.8 Å². The van der Waals surface area contributed by atoms with Gasteiger partial charge in [0.1, 0.15) is 0 Å². The number of rotatable bonds is 5. The number of ether oxygens (including phenoxy) is 2. The van der Waals surface area contributed by atoms with Gasteiger partial charge in [-0.25, -0.2) is 0 Å². The van der Waals surface area contributed by atoms with Crippen LogP contribution >= 0.6 is 23.4 Å². The van der Waals surface area contributed by atoms with Crippen LogP contribution in [-0.2, 0) is 4.79 Å². The van der Waals surface area contributed by atoms with Gasteiger partial charge >= 0.3 is 0 Å². The van der Waals surface area contributed by atoms with Gasteiger partial charge in [-0.15, -0.1) is 10.2 Å². The monoisotopic (exact) mass is 417 g/mol. The van der Waals surface area contributed by atoms with Crippen molar-refractivity contribution in [3.8, 4) is 23.0 Å². The summed E-state index contributed by atoms with van der Waals surface area (Å²) < 4.78 is 16.9. The summed E-state index contributed by atoms with van der Waals surface area (Å²) >= 11 is 7.03. The van der Waals surface area contributed by atoms with Crippen molar-refractivity contribution in [3.63, 3.8) is 0 Å². The molecule has 0 bridgehead atoms. The molecule has 0 atom stereocenters. The Morgan fingerprint density at radius 3 is 2.64 bits per heavy atom. The zero-order valence-electron chi connectivity index (χ0n) is 15.1. The smallest absolute Gasteiger partial charge is 0.277 e. The highest BCUT2D eigenvalue weighted by Crippen LogP contribution is 2.40. The van der Waals surface area contributed by atoms with Gasteiger partial charge < -0.3 is 19.2 Å². The van der Waals surface area contributed by atoms with Gasteiger partial charge in [0.05, 0.1) is 5.75 Å². The van der Waals surface area contributed by atoms with E-state index in [4.69, 9.17) is 25.5 Å². The normalized spacial score (nSPS) is 14.1. The van der Waals surface area contributed by atoms with E-state index < -0.39 is 5.79 Å². The molecule has 4 rings (SSSR count). The van der Waals surface area contributed by atoms with Crippen molar-refractivity contribution in [3.05, 3.63) is 47.5 Å². The molecule has 144 valence electrons. The van der Waals surface area contributed by atoms with E-state index in [1.165, 1.54) is 0 Å². The molecule has 1 aromatic heterocycles. The molecular weight excluding hydrogens is 402 g/mol. The molecule has 2 aromatic carbocycles. The molecule has 1 aliphatic heterocycles. The highest BCUT2D eigenvalue weighted by Gasteiger charge is 2.31. The molecule has 0 saturated carbocycles. The summed E-state index contributed by atoms with van der Waals surface area (Å²) in [5.41, 5.74) is 1.38. The number of carbonyl (C=O) groups excluding carboxylic acids is 1. The summed E-state index contributed by atoms with van der Waals surface area (Å²) in [5.74, 6) is 0.841. The first-order chi connectivity index (χ1) is 13.4. The van der Waals surface area contributed by atoms with E-state index in [0.29, 0.717) is 33.3 Å². The number of thioether (sulfide) groups is 1. The summed E-state index contributed by atoms with van der Waals surface area (Å²) in [7, 11) is 0. The molecule has 0 spiro atoms. The van der Waals surface area contributed by atoms with Crippen molar-refractivity contribution in [2.24, 2.45) is 0 Å². The maximum absolute atomic E-state index is 12.2. The number of benzene rings is 2. The quantitative estimate of drug-likeness (QED) is 0.605. The summed E-state index contributed by atoms with van der Waals surface area (Å²) in [6.07, 6.45) is 0. The Labute approximate surface area is 170 Å². The van der Waals surface area contributed by atoms with Crippen LogP contribution < -0.4 is 14.8 Å². The predicted octanol–water partition coefficient (Wildman–Crippen LogP) is 4.63. The number of hydrogen-bond donors (Lipinski definition) is 1. The minimum absolute atomic E-state index is 0.127. The van der Waals surface area contributed by atoms with E-state index in [-0.39, 0.29) is 11.7 Å². The number of hydrogen-bond acceptors (Lipinski definition) is 7. The lowest BCUT2D eigenvalue weighted by Crippen LogP contribution is -2.29. The van der Waals surface area contributed by atoms with E-state index >= 15 is 0 Å². The molecule has 7 nitrogen and oxygen atoms in total. The maximum atomic E-state index is 12.2. The molecule has 1 N–H and O–H groups in total. The van der Waals surface area contributed by atoms with Gasteiger partial charge in [-0.3, -0.25) is 4.79 Å². The topological polar surface area (TPSA) is 86.5 Å². The number of anilines is 1. The Bertz CT molecular complexity index is 1020. The van der Waals surface area contributed by atoms with Crippen LogP contribution in [0.3, 0.4) is 0 Å². The van der Waals surface area contributed by atoms with Gasteiger partial charge in [0.2, 0.25) is 17.6 Å². The lowest BCUT2D eigenvalue weighted by molar-refractivity contribution is -0.113. The minimum atomic E-state index is -0.708. The maximum Gasteiger partial charge on any atom is 0.277 e. The van der Waals surface area contributed by atoms with E-state index in [0.717, 1.165) is 17.3 Å². The Morgan fingerprint density at radius 1 is 1.11 bits per heavy atom. The number of fused-ring (bicyclic) bond motifs is 1. The Balaban J connectivity index is 1.34. The lowest BCUT2D eigenvalue weighted by atomic mass is 10.2. The molecular formula is C19H16ClN3O4S. The highest BCUT2D eigenvalue weighted by molar-refractivity contribution is 7.99. The summed E-state index contributed by atoms with van der Waals surface area (Å²) in [6, 6.07) is 12.3. The van der Waals surface area contributed by atoms with Crippen LogP contribution in [-0.4, -0.2) is 27.6 Å². The number of nitrogens with zero attached hydrogens (tertiary/aromatic N) is 2. The molecule has 3 aromatic rings. The fourth-order valence-electron chi connectivity index (χ4n) is 2.60. The lowest BCUT2D eigenvalue weighted by Gasteiger charge is -2.16. The number of carbonyl (C=O) groups is 1. The second-order valence-corrected chi connectivity index (χ2v) is 7.85. The first kappa shape index (κ1) is 18.6. The van der Waals surface area contributed by atoms with Gasteiger partial charge in [-0.2, -0.15) is 0 Å². The second kappa shape index (κ2) is 7.37. The van der Waals surface area contributed by atoms with E-state index in [2.05, 4.69) is 15.5 Å². The predicted molar refractivity (Wildman–Crippen MR) is 106 cm³/mol. The first-order valence-corrected chi connectivity index (χ1v) is 9.78. The van der Waals surface area contributed by atoms with Crippen molar-refractivity contribution >= 4 is 35.0 Å². The number of halogens is 1. The molecule has 0 fully saturated rings. The molecule has 1 amide bonds. The van der Waals surface area contributed by atoms with Gasteiger partial charge in [-0.05, 0) is 36.4 Å². The van der Waals surface area contributed by atoms with Crippen molar-refractivity contribution in [2.75, 3.05) is 11.1 Å². The average Bonchev–Trinajstić information content (AvgIpc) is 3.23. The third kappa shape index (κ3) is 4.23. The van der Waals surface area contributed by atoms with E-state index in [1.807, 2.05) is 13.8 Å². The summed E-state index contributed by atoms with van der Waals surface area (Å²) in [6.45, 7) is 3.65. The van der Waals surface area contributed by atoms with Gasteiger partial charge in [0.15, 0.2) is 11.5 Å². The molecule has 0 radical (unpaired) electrons. The molecule has 0 unspecified atom stereocenters. The van der Waals surface area contributed by atoms with Crippen LogP contribution in [0.15, 0.2) is 52.1 Å². The highest BCUT2D eigenvalue weighted by atomic mass is 35.5. The Hall–Kier alpha value is -2.71. The largest absolute Gasteiger partial charge is 0.449 e. The zero-order valence-corrected chi connectivity index (χ0v) is 16.6. The summed E-state index contributed by atoms with van der Waals surface area (Å²) in [5, 5.41) is 11.7. The SMILES string of the molecule is CC1(C)Oc2ccc(NC(=O)CSc3nnc(-c4ccc(Cl)cc4)o3)cc2O1. The minimum Gasteiger partial charge on any atom is -0.449 e.